The van der Waals surface area contributed by atoms with E-state index in [0.29, 0.717) is 6.07 Å². The van der Waals surface area contributed by atoms with Crippen molar-refractivity contribution in [3.8, 4) is 6.07 Å². The van der Waals surface area contributed by atoms with E-state index in [4.69, 9.17) is 28.5 Å². The van der Waals surface area contributed by atoms with Crippen LogP contribution in [-0.2, 0) is 5.67 Å². The normalized spacial score (nSPS) is 14.1. The molecule has 0 aliphatic carbocycles. The monoisotopic (exact) mass is 553 g/mol. The molecule has 1 unspecified atom stereocenters. The minimum Gasteiger partial charge on any atom is -0.319 e. The molecule has 188 valence electrons. The Morgan fingerprint density at radius 2 is 1.46 bits per heavy atom. The smallest absolute Gasteiger partial charge is 0.319 e. The van der Waals surface area contributed by atoms with Crippen LogP contribution in [0.25, 0.3) is 0 Å². The van der Waals surface area contributed by atoms with Gasteiger partial charge in [-0.1, -0.05) is 23.2 Å². The number of halogens is 11. The number of benzene rings is 2. The van der Waals surface area contributed by atoms with E-state index in [1.807, 2.05) is 5.32 Å². The summed E-state index contributed by atoms with van der Waals surface area (Å²) in [6.07, 6.45) is -13.8. The Morgan fingerprint density at radius 1 is 0.943 bits per heavy atom. The summed E-state index contributed by atoms with van der Waals surface area (Å²) in [7, 11) is 0. The molecule has 35 heavy (non-hydrogen) atoms. The highest BCUT2D eigenvalue weighted by Gasteiger charge is 2.81. The van der Waals surface area contributed by atoms with Gasteiger partial charge in [0.25, 0.3) is 11.6 Å². The average Bonchev–Trinajstić information content (AvgIpc) is 2.72. The molecule has 0 fully saturated rings. The number of alkyl halides is 9. The molecule has 1 N–H and O–H groups in total. The van der Waals surface area contributed by atoms with Crippen LogP contribution in [0.1, 0.15) is 21.5 Å². The topological polar surface area (TPSA) is 96.0 Å². The summed E-state index contributed by atoms with van der Waals surface area (Å²) >= 11 is 11.2. The summed E-state index contributed by atoms with van der Waals surface area (Å²) in [4.78, 5) is 22.4. The number of hydrogen-bond donors (Lipinski definition) is 1. The van der Waals surface area contributed by atoms with E-state index >= 15 is 0 Å². The van der Waals surface area contributed by atoms with E-state index in [1.54, 1.807) is 0 Å². The van der Waals surface area contributed by atoms with Gasteiger partial charge in [-0.2, -0.15) is 40.4 Å². The summed E-state index contributed by atoms with van der Waals surface area (Å²) in [5, 5.41) is 19.4. The van der Waals surface area contributed by atoms with Crippen molar-refractivity contribution >= 4 is 40.5 Å². The van der Waals surface area contributed by atoms with Crippen LogP contribution in [0.3, 0.4) is 0 Å². The molecule has 0 heterocycles. The zero-order chi connectivity index (χ0) is 27.1. The maximum Gasteiger partial charge on any atom is 0.457 e. The number of rotatable bonds is 5. The van der Waals surface area contributed by atoms with Crippen LogP contribution in [0.15, 0.2) is 30.3 Å². The number of anilines is 1. The summed E-state index contributed by atoms with van der Waals surface area (Å²) in [6.45, 7) is 0. The van der Waals surface area contributed by atoms with E-state index in [1.165, 1.54) is 6.07 Å². The maximum absolute atomic E-state index is 14.6. The van der Waals surface area contributed by atoms with Gasteiger partial charge in [0.2, 0.25) is 0 Å². The molecule has 0 saturated carbocycles. The van der Waals surface area contributed by atoms with Crippen molar-refractivity contribution in [2.75, 3.05) is 5.32 Å². The second-order valence-electron chi connectivity index (χ2n) is 6.60. The van der Waals surface area contributed by atoms with Gasteiger partial charge in [0.05, 0.1) is 20.7 Å². The Bertz CT molecular complexity index is 1220. The molecule has 1 atom stereocenters. The Hall–Kier alpha value is -3.25. The Kier molecular flexibility index (Phi) is 7.26. The molecule has 2 aromatic rings. The third kappa shape index (κ3) is 4.80. The number of carbonyl (C=O) groups excluding carboxylic acids is 1. The summed E-state index contributed by atoms with van der Waals surface area (Å²) in [5.41, 5.74) is -11.2. The number of nitro groups is 1. The molecule has 0 aliphatic heterocycles. The van der Waals surface area contributed by atoms with E-state index in [-0.39, 0.29) is 12.1 Å². The highest BCUT2D eigenvalue weighted by molar-refractivity contribution is 6.40. The van der Waals surface area contributed by atoms with Crippen molar-refractivity contribution < 1.29 is 49.2 Å². The number of carbonyl (C=O) groups is 1. The second-order valence-corrected chi connectivity index (χ2v) is 7.41. The summed E-state index contributed by atoms with van der Waals surface area (Å²) in [6, 6.07) is 3.42. The van der Waals surface area contributed by atoms with Crippen LogP contribution in [0.4, 0.5) is 50.9 Å². The molecular weight excluding hydrogens is 548 g/mol. The van der Waals surface area contributed by atoms with Gasteiger partial charge in [-0.3, -0.25) is 14.9 Å². The van der Waals surface area contributed by atoms with Gasteiger partial charge in [-0.25, -0.2) is 4.39 Å². The minimum atomic E-state index is -6.98. The third-order valence-corrected chi connectivity index (χ3v) is 5.03. The van der Waals surface area contributed by atoms with Gasteiger partial charge in [0, 0.05) is 17.2 Å². The molecule has 0 aromatic heterocycles. The molecule has 0 aliphatic rings. The zero-order valence-corrected chi connectivity index (χ0v) is 17.7. The SMILES string of the molecule is N#Cc1ccc(C(=O)Nc2c(Cl)cc(C(F)(C(F)(F)F)C(F)(F)C(F)(F)F)cc2Cl)cc1[N+](=O)[O-]. The molecular formula is C18H6Cl2F9N3O3. The Morgan fingerprint density at radius 3 is 1.86 bits per heavy atom. The molecule has 17 heteroatoms. The van der Waals surface area contributed by atoms with Gasteiger partial charge >= 0.3 is 23.9 Å². The number of hydrogen-bond acceptors (Lipinski definition) is 4. The van der Waals surface area contributed by atoms with Gasteiger partial charge in [0.15, 0.2) is 0 Å². The lowest BCUT2D eigenvalue weighted by molar-refractivity contribution is -0.389. The summed E-state index contributed by atoms with van der Waals surface area (Å²) in [5.74, 6) is -8.24. The van der Waals surface area contributed by atoms with Crippen LogP contribution in [0.2, 0.25) is 10.0 Å². The van der Waals surface area contributed by atoms with Crippen LogP contribution in [-0.4, -0.2) is 29.1 Å². The maximum atomic E-state index is 14.6. The first-order valence-electron chi connectivity index (χ1n) is 8.49. The van der Waals surface area contributed by atoms with Crippen molar-refractivity contribution in [2.45, 2.75) is 23.9 Å². The predicted molar refractivity (Wildman–Crippen MR) is 102 cm³/mol. The lowest BCUT2D eigenvalue weighted by Crippen LogP contribution is -2.59. The second kappa shape index (κ2) is 9.08. The lowest BCUT2D eigenvalue weighted by atomic mass is 9.87. The standard InChI is InChI=1S/C18H6Cl2F9N3O3/c19-10-4-9(15(21,17(24,25)26)16(22,23)18(27,28)29)5-11(20)13(10)31-14(33)7-1-2-8(6-30)12(3-7)32(34)35/h1-5H,(H,31,33). The molecule has 1 amide bonds. The largest absolute Gasteiger partial charge is 0.457 e. The van der Waals surface area contributed by atoms with Gasteiger partial charge in [0.1, 0.15) is 11.6 Å². The predicted octanol–water partition coefficient (Wildman–Crippen LogP) is 6.95. The van der Waals surface area contributed by atoms with Crippen molar-refractivity contribution in [1.29, 1.82) is 5.26 Å². The molecule has 6 nitrogen and oxygen atoms in total. The quantitative estimate of drug-likeness (QED) is 0.246. The van der Waals surface area contributed by atoms with Crippen LogP contribution in [0, 0.1) is 21.4 Å². The van der Waals surface area contributed by atoms with Crippen molar-refractivity contribution in [2.24, 2.45) is 0 Å². The molecule has 0 saturated heterocycles. The Balaban J connectivity index is 2.58. The van der Waals surface area contributed by atoms with Crippen LogP contribution < -0.4 is 5.32 Å². The first kappa shape index (κ1) is 28.0. The fraction of sp³-hybridized carbons (Fsp3) is 0.222. The molecule has 2 rings (SSSR count). The van der Waals surface area contributed by atoms with E-state index < -0.39 is 72.9 Å². The number of nitriles is 1. The fourth-order valence-electron chi connectivity index (χ4n) is 2.71. The summed E-state index contributed by atoms with van der Waals surface area (Å²) < 4.78 is 119. The number of nitrogens with zero attached hydrogens (tertiary/aromatic N) is 2. The Labute approximate surface area is 198 Å². The molecule has 0 radical (unpaired) electrons. The zero-order valence-electron chi connectivity index (χ0n) is 16.2. The van der Waals surface area contributed by atoms with Crippen molar-refractivity contribution in [1.82, 2.24) is 0 Å². The fourth-order valence-corrected chi connectivity index (χ4v) is 3.30. The van der Waals surface area contributed by atoms with Crippen molar-refractivity contribution in [3.05, 3.63) is 67.2 Å². The number of amides is 1. The van der Waals surface area contributed by atoms with Crippen LogP contribution >= 0.6 is 23.2 Å². The first-order chi connectivity index (χ1) is 15.8. The van der Waals surface area contributed by atoms with Gasteiger partial charge in [-0.05, 0) is 24.3 Å². The highest BCUT2D eigenvalue weighted by Crippen LogP contribution is 2.59. The number of nitrogens with one attached hydrogen (secondary N) is 1. The highest BCUT2D eigenvalue weighted by atomic mass is 35.5. The van der Waals surface area contributed by atoms with Gasteiger partial charge in [-0.15, -0.1) is 0 Å². The van der Waals surface area contributed by atoms with Gasteiger partial charge < -0.3 is 5.32 Å². The van der Waals surface area contributed by atoms with Crippen molar-refractivity contribution in [3.63, 3.8) is 0 Å². The van der Waals surface area contributed by atoms with E-state index in [0.717, 1.165) is 12.1 Å². The first-order valence-corrected chi connectivity index (χ1v) is 9.24. The van der Waals surface area contributed by atoms with E-state index in [2.05, 4.69) is 0 Å². The van der Waals surface area contributed by atoms with Crippen LogP contribution in [0.5, 0.6) is 0 Å². The molecule has 2 aromatic carbocycles. The molecule has 0 spiro atoms. The van der Waals surface area contributed by atoms with E-state index in [9.17, 15) is 54.4 Å². The minimum absolute atomic E-state index is 0.239. The average molecular weight is 554 g/mol. The third-order valence-electron chi connectivity index (χ3n) is 4.43. The lowest BCUT2D eigenvalue weighted by Gasteiger charge is -2.36. The molecule has 0 bridgehead atoms. The number of nitro benzene ring substituents is 1.